The van der Waals surface area contributed by atoms with Gasteiger partial charge in [-0.1, -0.05) is 48.5 Å². The molecular weight excluding hydrogens is 364 g/mol. The molecule has 1 heterocycles. The largest absolute Gasteiger partial charge is 0.444 e. The van der Waals surface area contributed by atoms with E-state index in [4.69, 9.17) is 4.74 Å². The summed E-state index contributed by atoms with van der Waals surface area (Å²) >= 11 is 0. The number of rotatable bonds is 2. The lowest BCUT2D eigenvalue weighted by atomic mass is 9.87. The summed E-state index contributed by atoms with van der Waals surface area (Å²) in [6.45, 7) is 5.89. The van der Waals surface area contributed by atoms with Crippen LogP contribution in [0, 0.1) is 0 Å². The van der Waals surface area contributed by atoms with Crippen LogP contribution >= 0.6 is 0 Å². The number of hydrogen-bond donors (Lipinski definition) is 1. The minimum absolute atomic E-state index is 0.0271. The molecule has 0 radical (unpaired) electrons. The number of nitrogens with one attached hydrogen (secondary N) is 1. The van der Waals surface area contributed by atoms with Gasteiger partial charge >= 0.3 is 6.09 Å². The van der Waals surface area contributed by atoms with E-state index >= 15 is 0 Å². The zero-order valence-corrected chi connectivity index (χ0v) is 17.3. The molecule has 29 heavy (non-hydrogen) atoms. The van der Waals surface area contributed by atoms with Gasteiger partial charge in [-0.3, -0.25) is 9.69 Å². The summed E-state index contributed by atoms with van der Waals surface area (Å²) in [5.41, 5.74) is 3.72. The number of carbonyl (C=O) groups is 2. The first-order valence-electron chi connectivity index (χ1n) is 10.3. The first-order valence-corrected chi connectivity index (χ1v) is 10.3. The Morgan fingerprint density at radius 2 is 1.66 bits per heavy atom. The van der Waals surface area contributed by atoms with Crippen LogP contribution < -0.4 is 5.32 Å². The quantitative estimate of drug-likeness (QED) is 0.808. The fourth-order valence-corrected chi connectivity index (χ4v) is 4.32. The van der Waals surface area contributed by atoms with Crippen LogP contribution in [0.3, 0.4) is 0 Å². The van der Waals surface area contributed by atoms with Crippen LogP contribution in [0.5, 0.6) is 0 Å². The van der Waals surface area contributed by atoms with Crippen LogP contribution in [0.1, 0.15) is 68.0 Å². The Labute approximate surface area is 172 Å². The van der Waals surface area contributed by atoms with Crippen molar-refractivity contribution in [3.05, 3.63) is 70.8 Å². The highest BCUT2D eigenvalue weighted by Gasteiger charge is 2.41. The van der Waals surface area contributed by atoms with E-state index < -0.39 is 17.7 Å². The lowest BCUT2D eigenvalue weighted by molar-refractivity contribution is -0.127. The van der Waals surface area contributed by atoms with Gasteiger partial charge in [-0.15, -0.1) is 0 Å². The van der Waals surface area contributed by atoms with Crippen LogP contribution in [0.2, 0.25) is 0 Å². The molecule has 2 aromatic carbocycles. The van der Waals surface area contributed by atoms with Crippen LogP contribution in [0.15, 0.2) is 48.5 Å². The number of aryl methyl sites for hydroxylation is 1. The van der Waals surface area contributed by atoms with Gasteiger partial charge in [0, 0.05) is 0 Å². The third-order valence-electron chi connectivity index (χ3n) is 5.56. The highest BCUT2D eigenvalue weighted by Crippen LogP contribution is 2.36. The fourth-order valence-electron chi connectivity index (χ4n) is 4.32. The van der Waals surface area contributed by atoms with E-state index in [-0.39, 0.29) is 11.9 Å². The van der Waals surface area contributed by atoms with Crippen LogP contribution in [-0.4, -0.2) is 22.5 Å². The van der Waals surface area contributed by atoms with Gasteiger partial charge in [0.1, 0.15) is 11.6 Å². The molecule has 152 valence electrons. The zero-order valence-electron chi connectivity index (χ0n) is 17.3. The average molecular weight is 392 g/mol. The van der Waals surface area contributed by atoms with Crippen LogP contribution in [0.25, 0.3) is 0 Å². The third-order valence-corrected chi connectivity index (χ3v) is 5.56. The predicted octanol–water partition coefficient (Wildman–Crippen LogP) is 4.67. The van der Waals surface area contributed by atoms with Crippen LogP contribution in [-0.2, 0) is 22.5 Å². The van der Waals surface area contributed by atoms with Crippen molar-refractivity contribution in [3.63, 3.8) is 0 Å². The topological polar surface area (TPSA) is 58.6 Å². The molecule has 0 saturated heterocycles. The van der Waals surface area contributed by atoms with E-state index in [1.165, 1.54) is 11.1 Å². The van der Waals surface area contributed by atoms with Crippen molar-refractivity contribution in [2.75, 3.05) is 0 Å². The molecule has 0 aromatic heterocycles. The fraction of sp³-hybridized carbons (Fsp3) is 0.417. The van der Waals surface area contributed by atoms with E-state index in [2.05, 4.69) is 17.4 Å². The second-order valence-electron chi connectivity index (χ2n) is 8.86. The monoisotopic (exact) mass is 392 g/mol. The SMILES string of the molecule is CC(C)(C)OC(=O)N1Cc2ccccc2C1C(=O)NC1CCCc2ccccc21. The number of hydrogen-bond acceptors (Lipinski definition) is 3. The minimum Gasteiger partial charge on any atom is -0.444 e. The van der Waals surface area contributed by atoms with Gasteiger partial charge in [0.25, 0.3) is 0 Å². The second kappa shape index (κ2) is 7.54. The van der Waals surface area contributed by atoms with E-state index in [0.717, 1.165) is 30.4 Å². The van der Waals surface area contributed by atoms with Gasteiger partial charge in [0.2, 0.25) is 5.91 Å². The van der Waals surface area contributed by atoms with E-state index in [0.29, 0.717) is 6.54 Å². The molecule has 2 atom stereocenters. The first kappa shape index (κ1) is 19.5. The molecule has 2 aromatic rings. The number of ether oxygens (including phenoxy) is 1. The lowest BCUT2D eigenvalue weighted by Crippen LogP contribution is -2.43. The Morgan fingerprint density at radius 3 is 2.38 bits per heavy atom. The molecular formula is C24H28N2O3. The second-order valence-corrected chi connectivity index (χ2v) is 8.86. The summed E-state index contributed by atoms with van der Waals surface area (Å²) < 4.78 is 5.59. The Bertz CT molecular complexity index is 932. The molecule has 5 nitrogen and oxygen atoms in total. The van der Waals surface area contributed by atoms with Crippen molar-refractivity contribution >= 4 is 12.0 Å². The average Bonchev–Trinajstić information content (AvgIpc) is 3.07. The Kier molecular flexibility index (Phi) is 5.07. The van der Waals surface area contributed by atoms with Crippen molar-refractivity contribution in [2.45, 2.75) is 64.3 Å². The summed E-state index contributed by atoms with van der Waals surface area (Å²) in [4.78, 5) is 27.8. The number of amides is 2. The minimum atomic E-state index is -0.671. The van der Waals surface area contributed by atoms with E-state index in [9.17, 15) is 9.59 Å². The lowest BCUT2D eigenvalue weighted by Gasteiger charge is -2.31. The molecule has 0 fully saturated rings. The molecule has 1 aliphatic carbocycles. The standard InChI is InChI=1S/C24H28N2O3/c1-24(2,3)29-23(28)26-15-17-10-5-7-13-19(17)21(26)22(27)25-20-14-8-11-16-9-4-6-12-18(16)20/h4-7,9-10,12-13,20-21H,8,11,14-15H2,1-3H3,(H,25,27). The smallest absolute Gasteiger partial charge is 0.411 e. The summed E-state index contributed by atoms with van der Waals surface area (Å²) in [5, 5.41) is 3.22. The number of fused-ring (bicyclic) bond motifs is 2. The normalized spacial score (nSPS) is 20.6. The molecule has 5 heteroatoms. The zero-order chi connectivity index (χ0) is 20.6. The van der Waals surface area contributed by atoms with Crippen molar-refractivity contribution < 1.29 is 14.3 Å². The molecule has 2 amide bonds. The van der Waals surface area contributed by atoms with E-state index in [1.54, 1.807) is 4.90 Å². The van der Waals surface area contributed by atoms with Crippen molar-refractivity contribution in [2.24, 2.45) is 0 Å². The summed E-state index contributed by atoms with van der Waals surface area (Å²) in [5.74, 6) is -0.150. The molecule has 4 rings (SSSR count). The maximum Gasteiger partial charge on any atom is 0.411 e. The Hall–Kier alpha value is -2.82. The highest BCUT2D eigenvalue weighted by molar-refractivity contribution is 5.89. The summed E-state index contributed by atoms with van der Waals surface area (Å²) in [6.07, 6.45) is 2.53. The third kappa shape index (κ3) is 4.00. The van der Waals surface area contributed by atoms with Crippen molar-refractivity contribution in [1.82, 2.24) is 10.2 Å². The summed E-state index contributed by atoms with van der Waals surface area (Å²) in [6, 6.07) is 15.3. The highest BCUT2D eigenvalue weighted by atomic mass is 16.6. The van der Waals surface area contributed by atoms with Gasteiger partial charge in [0.15, 0.2) is 0 Å². The van der Waals surface area contributed by atoms with Gasteiger partial charge in [-0.05, 0) is 62.3 Å². The molecule has 0 bridgehead atoms. The maximum absolute atomic E-state index is 13.4. The molecule has 2 unspecified atom stereocenters. The van der Waals surface area contributed by atoms with Gasteiger partial charge in [0.05, 0.1) is 12.6 Å². The maximum atomic E-state index is 13.4. The molecule has 0 saturated carbocycles. The molecule has 0 spiro atoms. The summed E-state index contributed by atoms with van der Waals surface area (Å²) in [7, 11) is 0. The molecule has 1 N–H and O–H groups in total. The van der Waals surface area contributed by atoms with Gasteiger partial charge < -0.3 is 10.1 Å². The van der Waals surface area contributed by atoms with Crippen LogP contribution in [0.4, 0.5) is 4.79 Å². The Morgan fingerprint density at radius 1 is 1.00 bits per heavy atom. The molecule has 1 aliphatic heterocycles. The number of nitrogens with zero attached hydrogens (tertiary/aromatic N) is 1. The predicted molar refractivity (Wildman–Crippen MR) is 111 cm³/mol. The first-order chi connectivity index (χ1) is 13.8. The Balaban J connectivity index is 1.60. The van der Waals surface area contributed by atoms with Crippen molar-refractivity contribution in [3.8, 4) is 0 Å². The number of carbonyl (C=O) groups excluding carboxylic acids is 2. The van der Waals surface area contributed by atoms with E-state index in [1.807, 2.05) is 57.2 Å². The number of benzene rings is 2. The molecule has 2 aliphatic rings. The van der Waals surface area contributed by atoms with Crippen molar-refractivity contribution in [1.29, 1.82) is 0 Å². The van der Waals surface area contributed by atoms with Gasteiger partial charge in [-0.2, -0.15) is 0 Å². The van der Waals surface area contributed by atoms with Gasteiger partial charge in [-0.25, -0.2) is 4.79 Å².